The summed E-state index contributed by atoms with van der Waals surface area (Å²) in [6, 6.07) is 4.49. The van der Waals surface area contributed by atoms with Crippen molar-refractivity contribution in [2.45, 2.75) is 75.3 Å². The first-order chi connectivity index (χ1) is 20.7. The predicted octanol–water partition coefficient (Wildman–Crippen LogP) is -1.00. The first-order valence-electron chi connectivity index (χ1n) is 13.4. The van der Waals surface area contributed by atoms with E-state index in [0.717, 1.165) is 25.3 Å². The van der Waals surface area contributed by atoms with Crippen molar-refractivity contribution >= 4 is 11.0 Å². The molecule has 0 radical (unpaired) electrons. The first kappa shape index (κ1) is 31.6. The molecule has 2 fully saturated rings. The molecule has 3 aromatic rings. The van der Waals surface area contributed by atoms with Crippen LogP contribution in [0, 0.1) is 0 Å². The largest absolute Gasteiger partial charge is 0.504 e. The third kappa shape index (κ3) is 5.35. The van der Waals surface area contributed by atoms with E-state index in [0.29, 0.717) is 0 Å². The van der Waals surface area contributed by atoms with Crippen LogP contribution in [0.1, 0.15) is 13.8 Å². The highest BCUT2D eigenvalue weighted by Gasteiger charge is 2.45. The van der Waals surface area contributed by atoms with Crippen molar-refractivity contribution in [2.24, 2.45) is 0 Å². The Hall–Kier alpha value is -3.87. The van der Waals surface area contributed by atoms with Crippen LogP contribution < -0.4 is 19.6 Å². The Morgan fingerprint density at radius 3 is 1.82 bits per heavy atom. The van der Waals surface area contributed by atoms with E-state index in [-0.39, 0.29) is 16.9 Å². The minimum atomic E-state index is -1.84. The van der Waals surface area contributed by atoms with Crippen LogP contribution in [0.5, 0.6) is 34.5 Å². The molecule has 0 amide bonds. The fourth-order valence-electron chi connectivity index (χ4n) is 4.99. The molecule has 44 heavy (non-hydrogen) atoms. The summed E-state index contributed by atoms with van der Waals surface area (Å²) in [4.78, 5) is 13.9. The Morgan fingerprint density at radius 2 is 1.27 bits per heavy atom. The molecule has 1 aromatic heterocycles. The van der Waals surface area contributed by atoms with Crippen LogP contribution in [0.25, 0.3) is 22.3 Å². The number of rotatable bonds is 6. The van der Waals surface area contributed by atoms with Gasteiger partial charge in [0.25, 0.3) is 0 Å². The second kappa shape index (κ2) is 11.9. The lowest BCUT2D eigenvalue weighted by molar-refractivity contribution is -0.268. The summed E-state index contributed by atoms with van der Waals surface area (Å²) in [7, 11) is 1.14. The number of hydrogen-bond donors (Lipinski definition) is 9. The maximum absolute atomic E-state index is 13.9. The number of fused-ring (bicyclic) bond motifs is 1. The fourth-order valence-corrected chi connectivity index (χ4v) is 4.99. The minimum Gasteiger partial charge on any atom is -0.504 e. The molecule has 0 bridgehead atoms. The number of aromatic hydroxyl groups is 3. The second-order valence-electron chi connectivity index (χ2n) is 10.5. The molecule has 240 valence electrons. The number of hydrogen-bond acceptors (Lipinski definition) is 16. The molecule has 2 aliphatic rings. The van der Waals surface area contributed by atoms with E-state index in [1.54, 1.807) is 0 Å². The van der Waals surface area contributed by atoms with Gasteiger partial charge in [-0.15, -0.1) is 0 Å². The average Bonchev–Trinajstić information content (AvgIpc) is 2.98. The Balaban J connectivity index is 1.67. The number of phenolic OH excluding ortho intramolecular Hbond substituents is 3. The first-order valence-corrected chi connectivity index (χ1v) is 13.4. The highest BCUT2D eigenvalue weighted by atomic mass is 16.7. The third-order valence-electron chi connectivity index (χ3n) is 7.57. The molecule has 10 unspecified atom stereocenters. The number of aliphatic hydroxyl groups excluding tert-OH is 6. The maximum atomic E-state index is 13.9. The number of methoxy groups -OCH3 is 1. The van der Waals surface area contributed by atoms with E-state index in [9.17, 15) is 50.8 Å². The summed E-state index contributed by atoms with van der Waals surface area (Å²) in [6.07, 6.45) is -15.1. The molecule has 2 aliphatic heterocycles. The van der Waals surface area contributed by atoms with Gasteiger partial charge in [-0.3, -0.25) is 4.79 Å². The summed E-state index contributed by atoms with van der Waals surface area (Å²) in [5, 5.41) is 92.0. The molecule has 2 saturated heterocycles. The van der Waals surface area contributed by atoms with Gasteiger partial charge >= 0.3 is 0 Å². The van der Waals surface area contributed by atoms with Crippen molar-refractivity contribution in [2.75, 3.05) is 7.11 Å². The molecular formula is C28H32O16. The molecule has 5 rings (SSSR count). The highest BCUT2D eigenvalue weighted by molar-refractivity contribution is 5.91. The molecule has 16 nitrogen and oxygen atoms in total. The lowest BCUT2D eigenvalue weighted by atomic mass is 10.00. The molecule has 16 heteroatoms. The molecule has 3 heterocycles. The molecule has 10 atom stereocenters. The zero-order valence-corrected chi connectivity index (χ0v) is 23.5. The molecule has 2 aromatic carbocycles. The number of phenols is 3. The quantitative estimate of drug-likeness (QED) is 0.149. The van der Waals surface area contributed by atoms with E-state index in [1.165, 1.54) is 19.9 Å². The maximum Gasteiger partial charge on any atom is 0.239 e. The molecular weight excluding hydrogens is 592 g/mol. The number of ether oxygens (including phenoxy) is 5. The average molecular weight is 625 g/mol. The zero-order valence-electron chi connectivity index (χ0n) is 23.5. The van der Waals surface area contributed by atoms with Gasteiger partial charge in [0.2, 0.25) is 29.5 Å². The fraction of sp³-hybridized carbons (Fsp3) is 0.464. The Labute approximate surface area is 248 Å². The number of benzene rings is 2. The van der Waals surface area contributed by atoms with Crippen LogP contribution >= 0.6 is 0 Å². The van der Waals surface area contributed by atoms with Gasteiger partial charge in [-0.05, 0) is 32.0 Å². The van der Waals surface area contributed by atoms with Crippen LogP contribution in [-0.2, 0) is 9.47 Å². The lowest BCUT2D eigenvalue weighted by Crippen LogP contribution is -2.58. The summed E-state index contributed by atoms with van der Waals surface area (Å²) in [5.41, 5.74) is -1.41. The van der Waals surface area contributed by atoms with Gasteiger partial charge in [0.1, 0.15) is 47.6 Å². The Bertz CT molecular complexity index is 1590. The van der Waals surface area contributed by atoms with E-state index in [4.69, 9.17) is 28.1 Å². The van der Waals surface area contributed by atoms with Crippen LogP contribution in [0.15, 0.2) is 33.5 Å². The zero-order chi connectivity index (χ0) is 32.2. The summed E-state index contributed by atoms with van der Waals surface area (Å²) in [5.74, 6) is -3.70. The lowest BCUT2D eigenvalue weighted by Gasteiger charge is -2.39. The minimum absolute atomic E-state index is 0.0250. The van der Waals surface area contributed by atoms with Gasteiger partial charge in [0.05, 0.1) is 19.3 Å². The van der Waals surface area contributed by atoms with Crippen molar-refractivity contribution in [3.05, 3.63) is 34.5 Å². The SMILES string of the molecule is COc1c(OC2OC(C)C(O)C(O)C2O)cc2oc(-c3ccc(O)c(O)c3)c(OC3OC(C)C(O)C(O)C3O)c(=O)c2c1O. The van der Waals surface area contributed by atoms with Crippen molar-refractivity contribution in [3.63, 3.8) is 0 Å². The Morgan fingerprint density at radius 1 is 0.705 bits per heavy atom. The van der Waals surface area contributed by atoms with E-state index < -0.39 is 107 Å². The van der Waals surface area contributed by atoms with Gasteiger partial charge in [0, 0.05) is 11.6 Å². The van der Waals surface area contributed by atoms with Gasteiger partial charge in [-0.2, -0.15) is 0 Å². The van der Waals surface area contributed by atoms with E-state index >= 15 is 0 Å². The van der Waals surface area contributed by atoms with Crippen molar-refractivity contribution in [1.29, 1.82) is 0 Å². The van der Waals surface area contributed by atoms with Crippen LogP contribution in [-0.4, -0.2) is 114 Å². The normalized spacial score (nSPS) is 32.4. The summed E-state index contributed by atoms with van der Waals surface area (Å²) in [6.45, 7) is 2.82. The highest BCUT2D eigenvalue weighted by Crippen LogP contribution is 2.45. The van der Waals surface area contributed by atoms with Crippen LogP contribution in [0.2, 0.25) is 0 Å². The van der Waals surface area contributed by atoms with Crippen molar-refractivity contribution < 1.29 is 74.1 Å². The monoisotopic (exact) mass is 624 g/mol. The van der Waals surface area contributed by atoms with E-state index in [2.05, 4.69) is 0 Å². The summed E-state index contributed by atoms with van der Waals surface area (Å²) >= 11 is 0. The van der Waals surface area contributed by atoms with Crippen molar-refractivity contribution in [1.82, 2.24) is 0 Å². The molecule has 0 saturated carbocycles. The van der Waals surface area contributed by atoms with Gasteiger partial charge in [0.15, 0.2) is 28.8 Å². The number of aliphatic hydroxyl groups is 6. The molecule has 9 N–H and O–H groups in total. The molecule has 0 spiro atoms. The van der Waals surface area contributed by atoms with Crippen LogP contribution in [0.3, 0.4) is 0 Å². The topological polar surface area (TPSA) is 258 Å². The van der Waals surface area contributed by atoms with Gasteiger partial charge in [-0.1, -0.05) is 0 Å². The Kier molecular flexibility index (Phi) is 8.54. The van der Waals surface area contributed by atoms with E-state index in [1.807, 2.05) is 0 Å². The van der Waals surface area contributed by atoms with Gasteiger partial charge in [-0.25, -0.2) is 0 Å². The molecule has 0 aliphatic carbocycles. The second-order valence-corrected chi connectivity index (χ2v) is 10.5. The predicted molar refractivity (Wildman–Crippen MR) is 145 cm³/mol. The van der Waals surface area contributed by atoms with Gasteiger partial charge < -0.3 is 74.1 Å². The summed E-state index contributed by atoms with van der Waals surface area (Å²) < 4.78 is 33.5. The third-order valence-corrected chi connectivity index (χ3v) is 7.57. The van der Waals surface area contributed by atoms with Crippen molar-refractivity contribution in [3.8, 4) is 45.8 Å². The smallest absolute Gasteiger partial charge is 0.239 e. The standard InChI is InChI=1S/C28H32O16/c1-8-16(31)20(35)22(37)27(40-8)43-14-7-13-15(18(33)25(14)39-3)19(34)26(24(42-13)10-4-5-11(29)12(30)6-10)44-28-23(38)21(36)17(32)9(2)41-28/h4-9,16-17,20-23,27-33,35-38H,1-3H3. The van der Waals surface area contributed by atoms with Crippen LogP contribution in [0.4, 0.5) is 0 Å².